The summed E-state index contributed by atoms with van der Waals surface area (Å²) in [4.78, 5) is 0. The van der Waals surface area contributed by atoms with Gasteiger partial charge in [0.1, 0.15) is 0 Å². The molecule has 0 heterocycles. The van der Waals surface area contributed by atoms with Crippen LogP contribution in [-0.2, 0) is 4.74 Å². The largest absolute Gasteiger partial charge is 0.376 e. The van der Waals surface area contributed by atoms with E-state index in [2.05, 4.69) is 20.5 Å². The lowest BCUT2D eigenvalue weighted by atomic mass is 10.0. The summed E-state index contributed by atoms with van der Waals surface area (Å²) in [7, 11) is 0. The average molecular weight is 508 g/mol. The zero-order chi connectivity index (χ0) is 26.0. The Kier molecular flexibility index (Phi) is 34.9. The second kappa shape index (κ2) is 35.0. The molecule has 0 amide bonds. The molecule has 1 radical (unpaired) electrons. The summed E-state index contributed by atoms with van der Waals surface area (Å²) >= 11 is 0. The summed E-state index contributed by atoms with van der Waals surface area (Å²) in [6.45, 7) is 7.63. The minimum absolute atomic E-state index is 0.941. The predicted octanol–water partition coefficient (Wildman–Crippen LogP) is 13.3. The number of ether oxygens (including phenoxy) is 1. The first-order valence-electron chi connectivity index (χ1n) is 17.3. The van der Waals surface area contributed by atoms with Crippen LogP contribution in [-0.4, -0.2) is 6.61 Å². The Hall–Kier alpha value is -0.0400. The van der Waals surface area contributed by atoms with Crippen molar-refractivity contribution in [2.45, 2.75) is 213 Å². The second-order valence-electron chi connectivity index (χ2n) is 11.7. The molecule has 0 N–H and O–H groups in total. The quantitative estimate of drug-likeness (QED) is 0.0802. The third kappa shape index (κ3) is 34.0. The van der Waals surface area contributed by atoms with E-state index in [1.807, 2.05) is 0 Å². The maximum Gasteiger partial charge on any atom is 0.0836 e. The van der Waals surface area contributed by atoms with Gasteiger partial charge >= 0.3 is 0 Å². The Morgan fingerprint density at radius 3 is 0.861 bits per heavy atom. The molecule has 0 saturated heterocycles. The van der Waals surface area contributed by atoms with Crippen LogP contribution in [0, 0.1) is 6.61 Å². The Balaban J connectivity index is 3.00. The number of hydrogen-bond donors (Lipinski definition) is 0. The van der Waals surface area contributed by atoms with Crippen LogP contribution >= 0.6 is 0 Å². The molecule has 0 aromatic carbocycles. The molecule has 0 rings (SSSR count). The molecule has 36 heavy (non-hydrogen) atoms. The number of rotatable bonds is 33. The maximum atomic E-state index is 5.73. The van der Waals surface area contributed by atoms with Crippen LogP contribution in [0.4, 0.5) is 0 Å². The molecule has 0 fully saturated rings. The summed E-state index contributed by atoms with van der Waals surface area (Å²) in [5, 5.41) is 0. The summed E-state index contributed by atoms with van der Waals surface area (Å²) in [5.41, 5.74) is 0. The highest BCUT2D eigenvalue weighted by molar-refractivity contribution is 4.55. The molecule has 0 aliphatic heterocycles. The van der Waals surface area contributed by atoms with Gasteiger partial charge in [-0.3, -0.25) is 0 Å². The van der Waals surface area contributed by atoms with Gasteiger partial charge in [0.2, 0.25) is 0 Å². The van der Waals surface area contributed by atoms with Crippen molar-refractivity contribution in [2.75, 3.05) is 6.61 Å². The van der Waals surface area contributed by atoms with Crippen LogP contribution in [0.15, 0.2) is 0 Å². The smallest absolute Gasteiger partial charge is 0.0836 e. The number of hydrogen-bond acceptors (Lipinski definition) is 1. The molecule has 0 bridgehead atoms. The van der Waals surface area contributed by atoms with E-state index in [4.69, 9.17) is 4.74 Å². The van der Waals surface area contributed by atoms with Crippen molar-refractivity contribution in [1.29, 1.82) is 0 Å². The van der Waals surface area contributed by atoms with Gasteiger partial charge in [0.25, 0.3) is 0 Å². The molecule has 0 aliphatic rings. The van der Waals surface area contributed by atoms with Crippen molar-refractivity contribution in [1.82, 2.24) is 0 Å². The van der Waals surface area contributed by atoms with Crippen LogP contribution in [0.25, 0.3) is 0 Å². The van der Waals surface area contributed by atoms with E-state index in [9.17, 15) is 0 Å². The van der Waals surface area contributed by atoms with Crippen LogP contribution in [0.3, 0.4) is 0 Å². The molecular weight excluding hydrogens is 436 g/mol. The van der Waals surface area contributed by atoms with E-state index in [0.29, 0.717) is 0 Å². The minimum atomic E-state index is 0.941. The molecule has 1 nitrogen and oxygen atoms in total. The summed E-state index contributed by atoms with van der Waals surface area (Å²) in [5.74, 6) is 0. The topological polar surface area (TPSA) is 9.23 Å². The molecule has 0 aromatic rings. The van der Waals surface area contributed by atoms with E-state index < -0.39 is 0 Å². The van der Waals surface area contributed by atoms with E-state index in [1.54, 1.807) is 0 Å². The molecule has 0 aliphatic carbocycles. The molecule has 0 unspecified atom stereocenters. The van der Waals surface area contributed by atoms with E-state index in [0.717, 1.165) is 13.0 Å². The van der Waals surface area contributed by atoms with Crippen molar-refractivity contribution in [2.24, 2.45) is 0 Å². The lowest BCUT2D eigenvalue weighted by Crippen LogP contribution is -1.92. The molecule has 0 aromatic heterocycles. The first-order valence-corrected chi connectivity index (χ1v) is 17.3. The fraction of sp³-hybridized carbons (Fsp3) is 0.971. The van der Waals surface area contributed by atoms with Gasteiger partial charge in [-0.2, -0.15) is 0 Å². The van der Waals surface area contributed by atoms with Gasteiger partial charge in [-0.1, -0.05) is 200 Å². The van der Waals surface area contributed by atoms with Gasteiger partial charge in [0.15, 0.2) is 0 Å². The molecule has 0 spiro atoms. The van der Waals surface area contributed by atoms with E-state index >= 15 is 0 Å². The lowest BCUT2D eigenvalue weighted by molar-refractivity contribution is 0.183. The Morgan fingerprint density at radius 2 is 0.556 bits per heavy atom. The SMILES string of the molecule is CCCCCCCCCCCCCCCCCCCCC[CH]OCCCCCCCCCCCCC. The number of unbranched alkanes of at least 4 members (excludes halogenated alkanes) is 29. The third-order valence-corrected chi connectivity index (χ3v) is 7.91. The molecule has 0 saturated carbocycles. The van der Waals surface area contributed by atoms with Gasteiger partial charge in [-0.15, -0.1) is 0 Å². The predicted molar refractivity (Wildman–Crippen MR) is 165 cm³/mol. The Morgan fingerprint density at radius 1 is 0.306 bits per heavy atom. The molecule has 1 heteroatoms. The maximum absolute atomic E-state index is 5.73. The van der Waals surface area contributed by atoms with Gasteiger partial charge in [0, 0.05) is 6.61 Å². The van der Waals surface area contributed by atoms with Crippen LogP contribution < -0.4 is 0 Å². The highest BCUT2D eigenvalue weighted by Crippen LogP contribution is 2.15. The van der Waals surface area contributed by atoms with Gasteiger partial charge < -0.3 is 4.74 Å². The first kappa shape index (κ1) is 36.0. The van der Waals surface area contributed by atoms with Crippen molar-refractivity contribution in [3.05, 3.63) is 6.61 Å². The van der Waals surface area contributed by atoms with Crippen LogP contribution in [0.2, 0.25) is 0 Å². The first-order chi connectivity index (χ1) is 17.9. The Labute approximate surface area is 230 Å². The summed E-state index contributed by atoms with van der Waals surface area (Å²) in [6.07, 6.45) is 44.1. The van der Waals surface area contributed by atoms with Gasteiger partial charge in [-0.05, 0) is 12.8 Å². The van der Waals surface area contributed by atoms with Gasteiger partial charge in [0.05, 0.1) is 6.61 Å². The second-order valence-corrected chi connectivity index (χ2v) is 11.7. The zero-order valence-electron chi connectivity index (χ0n) is 25.6. The fourth-order valence-electron chi connectivity index (χ4n) is 5.32. The average Bonchev–Trinajstić information content (AvgIpc) is 2.89. The van der Waals surface area contributed by atoms with Crippen molar-refractivity contribution >= 4 is 0 Å². The Bertz CT molecular complexity index is 319. The molecule has 217 valence electrons. The van der Waals surface area contributed by atoms with E-state index in [-0.39, 0.29) is 0 Å². The summed E-state index contributed by atoms with van der Waals surface area (Å²) in [6, 6.07) is 0. The third-order valence-electron chi connectivity index (χ3n) is 7.91. The zero-order valence-corrected chi connectivity index (χ0v) is 25.6. The highest BCUT2D eigenvalue weighted by Gasteiger charge is 1.97. The van der Waals surface area contributed by atoms with Gasteiger partial charge in [-0.25, -0.2) is 0 Å². The minimum Gasteiger partial charge on any atom is -0.376 e. The van der Waals surface area contributed by atoms with Crippen LogP contribution in [0.1, 0.15) is 213 Å². The highest BCUT2D eigenvalue weighted by atomic mass is 16.5. The monoisotopic (exact) mass is 508 g/mol. The lowest BCUT2D eigenvalue weighted by Gasteiger charge is -2.05. The van der Waals surface area contributed by atoms with Crippen molar-refractivity contribution in [3.63, 3.8) is 0 Å². The fourth-order valence-corrected chi connectivity index (χ4v) is 5.32. The molecule has 0 atom stereocenters. The molecular formula is C35H71O. The van der Waals surface area contributed by atoms with Crippen molar-refractivity contribution < 1.29 is 4.74 Å². The summed E-state index contributed by atoms with van der Waals surface area (Å²) < 4.78 is 5.73. The van der Waals surface area contributed by atoms with Crippen molar-refractivity contribution in [3.8, 4) is 0 Å². The standard InChI is InChI=1S/C35H71O/c1-3-5-7-9-11-13-15-16-17-18-19-20-21-22-23-25-27-29-31-33-35-36-34-32-30-28-26-24-14-12-10-8-6-4-2/h35H,3-34H2,1-2H3. The normalized spacial score (nSPS) is 11.5. The van der Waals surface area contributed by atoms with Crippen LogP contribution in [0.5, 0.6) is 0 Å². The van der Waals surface area contributed by atoms with E-state index in [1.165, 1.54) is 193 Å².